The van der Waals surface area contributed by atoms with Crippen molar-refractivity contribution in [1.29, 1.82) is 0 Å². The van der Waals surface area contributed by atoms with Crippen molar-refractivity contribution in [2.75, 3.05) is 6.61 Å². The highest BCUT2D eigenvalue weighted by Crippen LogP contribution is 2.04. The van der Waals surface area contributed by atoms with Crippen molar-refractivity contribution in [1.82, 2.24) is 0 Å². The van der Waals surface area contributed by atoms with E-state index in [1.165, 1.54) is 12.1 Å². The van der Waals surface area contributed by atoms with Gasteiger partial charge in [0.25, 0.3) is 0 Å². The smallest absolute Gasteiger partial charge is 0.360 e. The first kappa shape index (κ1) is 14.8. The van der Waals surface area contributed by atoms with Crippen molar-refractivity contribution in [3.63, 3.8) is 0 Å². The summed E-state index contributed by atoms with van der Waals surface area (Å²) < 4.78 is 17.5. The van der Waals surface area contributed by atoms with E-state index in [1.807, 2.05) is 0 Å². The van der Waals surface area contributed by atoms with Crippen LogP contribution in [0.2, 0.25) is 0 Å². The van der Waals surface area contributed by atoms with Crippen LogP contribution in [0, 0.1) is 5.82 Å². The van der Waals surface area contributed by atoms with Gasteiger partial charge >= 0.3 is 5.97 Å². The molecule has 0 saturated carbocycles. The Hall–Kier alpha value is -2.24. The molecule has 0 amide bonds. The summed E-state index contributed by atoms with van der Waals surface area (Å²) in [5, 5.41) is 3.38. The number of nitrogens with zero attached hydrogens (tertiary/aromatic N) is 2. The molecule has 0 aromatic heterocycles. The Bertz CT molecular complexity index is 495. The van der Waals surface area contributed by atoms with Crippen LogP contribution in [0.15, 0.2) is 34.4 Å². The number of carbonyl (C=O) groups is 1. The largest absolute Gasteiger partial charge is 0.461 e. The molecule has 0 heterocycles. The molecule has 0 unspecified atom stereocenters. The summed E-state index contributed by atoms with van der Waals surface area (Å²) in [6.07, 6.45) is 0. The average Bonchev–Trinajstić information content (AvgIpc) is 2.39. The van der Waals surface area contributed by atoms with Crippen LogP contribution in [-0.4, -0.2) is 24.0 Å². The second kappa shape index (κ2) is 7.25. The first-order valence-corrected chi connectivity index (χ1v) is 5.79. The van der Waals surface area contributed by atoms with E-state index in [4.69, 9.17) is 10.6 Å². The maximum atomic E-state index is 12.7. The molecule has 1 rings (SSSR count). The summed E-state index contributed by atoms with van der Waals surface area (Å²) in [7, 11) is 0. The Kier molecular flexibility index (Phi) is 5.66. The number of esters is 1. The fourth-order valence-electron chi connectivity index (χ4n) is 1.37. The van der Waals surface area contributed by atoms with Crippen LogP contribution in [0.3, 0.4) is 0 Å². The third kappa shape index (κ3) is 4.50. The third-order valence-electron chi connectivity index (χ3n) is 2.35. The van der Waals surface area contributed by atoms with Gasteiger partial charge in [0.05, 0.1) is 18.9 Å². The Labute approximate surface area is 111 Å². The lowest BCUT2D eigenvalue weighted by atomic mass is 10.2. The topological polar surface area (TPSA) is 77.0 Å². The Balaban J connectivity index is 2.75. The van der Waals surface area contributed by atoms with Gasteiger partial charge in [-0.05, 0) is 31.5 Å². The number of nitrogens with two attached hydrogens (primary N) is 1. The highest BCUT2D eigenvalue weighted by molar-refractivity contribution is 6.65. The van der Waals surface area contributed by atoms with Crippen LogP contribution < -0.4 is 5.84 Å². The minimum absolute atomic E-state index is 0.0102. The SMILES string of the molecule is CCOC(=O)C(=NN)C(C)=NCc1ccc(F)cc1. The lowest BCUT2D eigenvalue weighted by Gasteiger charge is -2.04. The first-order chi connectivity index (χ1) is 9.08. The van der Waals surface area contributed by atoms with E-state index in [2.05, 4.69) is 10.1 Å². The van der Waals surface area contributed by atoms with Gasteiger partial charge in [-0.15, -0.1) is 0 Å². The lowest BCUT2D eigenvalue weighted by Crippen LogP contribution is -2.26. The molecule has 0 aliphatic heterocycles. The van der Waals surface area contributed by atoms with Gasteiger partial charge in [0.1, 0.15) is 5.82 Å². The van der Waals surface area contributed by atoms with Crippen LogP contribution in [0.4, 0.5) is 4.39 Å². The van der Waals surface area contributed by atoms with Crippen molar-refractivity contribution < 1.29 is 13.9 Å². The number of benzene rings is 1. The number of aliphatic imine (C=N–C) groups is 1. The van der Waals surface area contributed by atoms with Crippen molar-refractivity contribution in [2.24, 2.45) is 15.9 Å². The van der Waals surface area contributed by atoms with Gasteiger partial charge in [-0.3, -0.25) is 4.99 Å². The number of hydrogen-bond donors (Lipinski definition) is 1. The molecule has 102 valence electrons. The Morgan fingerprint density at radius 2 is 2.00 bits per heavy atom. The van der Waals surface area contributed by atoms with Gasteiger partial charge in [0.2, 0.25) is 0 Å². The number of hydrazone groups is 1. The van der Waals surface area contributed by atoms with Gasteiger partial charge < -0.3 is 10.6 Å². The summed E-state index contributed by atoms with van der Waals surface area (Å²) in [6.45, 7) is 3.86. The van der Waals surface area contributed by atoms with E-state index < -0.39 is 5.97 Å². The van der Waals surface area contributed by atoms with Crippen LogP contribution in [0.25, 0.3) is 0 Å². The zero-order valence-corrected chi connectivity index (χ0v) is 10.9. The molecule has 1 aromatic rings. The second-order valence-corrected chi connectivity index (χ2v) is 3.73. The molecular formula is C13H16FN3O2. The normalized spacial score (nSPS) is 12.4. The van der Waals surface area contributed by atoms with Crippen molar-refractivity contribution in [2.45, 2.75) is 20.4 Å². The molecule has 6 heteroatoms. The predicted octanol–water partition coefficient (Wildman–Crippen LogP) is 1.66. The van der Waals surface area contributed by atoms with E-state index in [9.17, 15) is 9.18 Å². The highest BCUT2D eigenvalue weighted by Gasteiger charge is 2.15. The molecule has 0 aliphatic carbocycles. The van der Waals surface area contributed by atoms with Crippen LogP contribution in [0.1, 0.15) is 19.4 Å². The van der Waals surface area contributed by atoms with E-state index >= 15 is 0 Å². The number of carbonyl (C=O) groups excluding carboxylic acids is 1. The van der Waals surface area contributed by atoms with Gasteiger partial charge in [-0.1, -0.05) is 12.1 Å². The lowest BCUT2D eigenvalue weighted by molar-refractivity contribution is -0.134. The fourth-order valence-corrected chi connectivity index (χ4v) is 1.37. The molecular weight excluding hydrogens is 249 g/mol. The zero-order valence-electron chi connectivity index (χ0n) is 10.9. The number of halogens is 1. The molecule has 2 N–H and O–H groups in total. The molecule has 0 aliphatic rings. The van der Waals surface area contributed by atoms with Gasteiger partial charge in [0.15, 0.2) is 5.71 Å². The second-order valence-electron chi connectivity index (χ2n) is 3.73. The standard InChI is InChI=1S/C13H16FN3O2/c1-3-19-13(18)12(17-15)9(2)16-8-10-4-6-11(14)7-5-10/h4-7H,3,8,15H2,1-2H3. The van der Waals surface area contributed by atoms with Crippen molar-refractivity contribution in [3.05, 3.63) is 35.6 Å². The molecule has 5 nitrogen and oxygen atoms in total. The summed E-state index contributed by atoms with van der Waals surface area (Å²) in [5.74, 6) is 4.24. The maximum Gasteiger partial charge on any atom is 0.360 e. The number of rotatable bonds is 5. The van der Waals surface area contributed by atoms with Crippen LogP contribution in [-0.2, 0) is 16.1 Å². The van der Waals surface area contributed by atoms with Crippen molar-refractivity contribution >= 4 is 17.4 Å². The molecule has 1 aromatic carbocycles. The molecule has 0 radical (unpaired) electrons. The molecule has 0 fully saturated rings. The minimum Gasteiger partial charge on any atom is -0.461 e. The predicted molar refractivity (Wildman–Crippen MR) is 71.5 cm³/mol. The molecule has 0 saturated heterocycles. The van der Waals surface area contributed by atoms with Gasteiger partial charge in [-0.25, -0.2) is 9.18 Å². The van der Waals surface area contributed by atoms with E-state index in [-0.39, 0.29) is 18.1 Å². The van der Waals surface area contributed by atoms with Crippen LogP contribution in [0.5, 0.6) is 0 Å². The van der Waals surface area contributed by atoms with Crippen LogP contribution >= 0.6 is 0 Å². The van der Waals surface area contributed by atoms with Gasteiger partial charge in [-0.2, -0.15) is 5.10 Å². The summed E-state index contributed by atoms with van der Waals surface area (Å²) in [4.78, 5) is 15.7. The Morgan fingerprint density at radius 3 is 2.53 bits per heavy atom. The zero-order chi connectivity index (χ0) is 14.3. The summed E-state index contributed by atoms with van der Waals surface area (Å²) in [6, 6.07) is 5.94. The Morgan fingerprint density at radius 1 is 1.37 bits per heavy atom. The van der Waals surface area contributed by atoms with E-state index in [1.54, 1.807) is 26.0 Å². The summed E-state index contributed by atoms with van der Waals surface area (Å²) >= 11 is 0. The molecule has 0 spiro atoms. The quantitative estimate of drug-likeness (QED) is 0.381. The average molecular weight is 265 g/mol. The monoisotopic (exact) mass is 265 g/mol. The summed E-state index contributed by atoms with van der Waals surface area (Å²) in [5.41, 5.74) is 1.19. The number of ether oxygens (including phenoxy) is 1. The third-order valence-corrected chi connectivity index (χ3v) is 2.35. The number of hydrogen-bond acceptors (Lipinski definition) is 5. The van der Waals surface area contributed by atoms with Crippen molar-refractivity contribution in [3.8, 4) is 0 Å². The van der Waals surface area contributed by atoms with E-state index in [0.717, 1.165) is 5.56 Å². The van der Waals surface area contributed by atoms with Gasteiger partial charge in [0, 0.05) is 0 Å². The highest BCUT2D eigenvalue weighted by atomic mass is 19.1. The fraction of sp³-hybridized carbons (Fsp3) is 0.308. The molecule has 19 heavy (non-hydrogen) atoms. The molecule has 0 atom stereocenters. The maximum absolute atomic E-state index is 12.7. The molecule has 0 bridgehead atoms. The first-order valence-electron chi connectivity index (χ1n) is 5.79. The van der Waals surface area contributed by atoms with E-state index in [0.29, 0.717) is 12.3 Å². The minimum atomic E-state index is -0.606.